The Kier molecular flexibility index (Phi) is 5.49. The Morgan fingerprint density at radius 2 is 1.84 bits per heavy atom. The average Bonchev–Trinajstić information content (AvgIpc) is 3.04. The SMILES string of the molecule is COc1ccc(/C(O)=C2/C(=O)C(=O)N(Cc3cccnc3)C2c2ccccc2F)cc1. The number of likely N-dealkylation sites (tertiary alicyclic amines) is 1. The summed E-state index contributed by atoms with van der Waals surface area (Å²) in [6, 6.07) is 14.7. The van der Waals surface area contributed by atoms with Gasteiger partial charge in [-0.3, -0.25) is 14.6 Å². The first-order valence-corrected chi connectivity index (χ1v) is 9.57. The number of pyridine rings is 1. The third kappa shape index (κ3) is 3.77. The number of Topliss-reactive ketones (excluding diaryl/α,β-unsaturated/α-hetero) is 1. The minimum absolute atomic E-state index is 0.0385. The number of hydrogen-bond acceptors (Lipinski definition) is 5. The van der Waals surface area contributed by atoms with Crippen molar-refractivity contribution < 1.29 is 23.8 Å². The topological polar surface area (TPSA) is 79.7 Å². The van der Waals surface area contributed by atoms with Gasteiger partial charge in [-0.05, 0) is 42.0 Å². The zero-order chi connectivity index (χ0) is 22.0. The van der Waals surface area contributed by atoms with Gasteiger partial charge in [0, 0.05) is 30.1 Å². The second-order valence-electron chi connectivity index (χ2n) is 7.04. The summed E-state index contributed by atoms with van der Waals surface area (Å²) in [5.74, 6) is -2.06. The minimum Gasteiger partial charge on any atom is -0.507 e. The molecule has 0 saturated carbocycles. The molecule has 1 aliphatic heterocycles. The molecule has 2 aromatic carbocycles. The number of amides is 1. The second kappa shape index (κ2) is 8.39. The van der Waals surface area contributed by atoms with Gasteiger partial charge in [0.15, 0.2) is 0 Å². The van der Waals surface area contributed by atoms with E-state index in [-0.39, 0.29) is 23.4 Å². The van der Waals surface area contributed by atoms with Gasteiger partial charge in [0.1, 0.15) is 17.3 Å². The summed E-state index contributed by atoms with van der Waals surface area (Å²) in [6.45, 7) is 0.0385. The molecule has 1 atom stereocenters. The Morgan fingerprint density at radius 1 is 1.10 bits per heavy atom. The molecule has 156 valence electrons. The highest BCUT2D eigenvalue weighted by Gasteiger charge is 2.46. The van der Waals surface area contributed by atoms with Crippen molar-refractivity contribution in [3.63, 3.8) is 0 Å². The number of rotatable bonds is 5. The average molecular weight is 418 g/mol. The van der Waals surface area contributed by atoms with Crippen LogP contribution < -0.4 is 4.74 Å². The molecule has 31 heavy (non-hydrogen) atoms. The van der Waals surface area contributed by atoms with E-state index in [0.717, 1.165) is 0 Å². The van der Waals surface area contributed by atoms with Crippen molar-refractivity contribution in [2.24, 2.45) is 0 Å². The van der Waals surface area contributed by atoms with Gasteiger partial charge in [-0.15, -0.1) is 0 Å². The molecule has 1 fully saturated rings. The summed E-state index contributed by atoms with van der Waals surface area (Å²) < 4.78 is 19.9. The fourth-order valence-electron chi connectivity index (χ4n) is 3.66. The molecule has 0 bridgehead atoms. The van der Waals surface area contributed by atoms with E-state index in [0.29, 0.717) is 16.9 Å². The largest absolute Gasteiger partial charge is 0.507 e. The lowest BCUT2D eigenvalue weighted by Crippen LogP contribution is -2.29. The first kappa shape index (κ1) is 20.3. The monoisotopic (exact) mass is 418 g/mol. The van der Waals surface area contributed by atoms with Gasteiger partial charge >= 0.3 is 0 Å². The number of halogens is 1. The summed E-state index contributed by atoms with van der Waals surface area (Å²) in [5.41, 5.74) is 0.960. The Hall–Kier alpha value is -4.00. The van der Waals surface area contributed by atoms with E-state index in [4.69, 9.17) is 4.74 Å². The lowest BCUT2D eigenvalue weighted by Gasteiger charge is -2.25. The third-order valence-electron chi connectivity index (χ3n) is 5.18. The van der Waals surface area contributed by atoms with Crippen LogP contribution in [0, 0.1) is 5.82 Å². The number of carbonyl (C=O) groups excluding carboxylic acids is 2. The standard InChI is InChI=1S/C24H19FN2O4/c1-31-17-10-8-16(9-11-17)22(28)20-21(18-6-2-3-7-19(18)25)27(24(30)23(20)29)14-15-5-4-12-26-13-15/h2-13,21,28H,14H2,1H3/b22-20-. The molecule has 0 spiro atoms. The Morgan fingerprint density at radius 3 is 2.48 bits per heavy atom. The Bertz CT molecular complexity index is 1160. The molecule has 2 heterocycles. The summed E-state index contributed by atoms with van der Waals surface area (Å²) >= 11 is 0. The number of aliphatic hydroxyl groups is 1. The van der Waals surface area contributed by atoms with Crippen LogP contribution in [0.15, 0.2) is 78.6 Å². The minimum atomic E-state index is -1.08. The van der Waals surface area contributed by atoms with E-state index in [1.807, 2.05) is 0 Å². The lowest BCUT2D eigenvalue weighted by atomic mass is 9.94. The Balaban J connectivity index is 1.86. The molecule has 7 heteroatoms. The van der Waals surface area contributed by atoms with E-state index in [9.17, 15) is 19.1 Å². The molecule has 1 aromatic heterocycles. The highest BCUT2D eigenvalue weighted by molar-refractivity contribution is 6.46. The number of benzene rings is 2. The van der Waals surface area contributed by atoms with Crippen molar-refractivity contribution >= 4 is 17.4 Å². The molecule has 0 aliphatic carbocycles. The van der Waals surface area contributed by atoms with E-state index < -0.39 is 23.5 Å². The van der Waals surface area contributed by atoms with Gasteiger partial charge in [-0.2, -0.15) is 0 Å². The van der Waals surface area contributed by atoms with Crippen LogP contribution in [0.25, 0.3) is 5.76 Å². The fraction of sp³-hybridized carbons (Fsp3) is 0.125. The zero-order valence-electron chi connectivity index (χ0n) is 16.7. The maximum atomic E-state index is 14.8. The quantitative estimate of drug-likeness (QED) is 0.387. The van der Waals surface area contributed by atoms with E-state index in [1.54, 1.807) is 54.9 Å². The Labute approximate surface area is 178 Å². The summed E-state index contributed by atoms with van der Waals surface area (Å²) in [4.78, 5) is 31.2. The van der Waals surface area contributed by atoms with Crippen LogP contribution in [-0.2, 0) is 16.1 Å². The summed E-state index contributed by atoms with van der Waals surface area (Å²) in [5, 5.41) is 11.0. The van der Waals surface area contributed by atoms with Crippen LogP contribution in [0.5, 0.6) is 5.75 Å². The van der Waals surface area contributed by atoms with Crippen molar-refractivity contribution in [2.75, 3.05) is 7.11 Å². The van der Waals surface area contributed by atoms with E-state index in [2.05, 4.69) is 4.98 Å². The number of aromatic nitrogens is 1. The van der Waals surface area contributed by atoms with Gasteiger partial charge in [-0.1, -0.05) is 24.3 Å². The summed E-state index contributed by atoms with van der Waals surface area (Å²) in [6.07, 6.45) is 3.16. The molecular formula is C24H19FN2O4. The van der Waals surface area contributed by atoms with Crippen molar-refractivity contribution in [1.29, 1.82) is 0 Å². The van der Waals surface area contributed by atoms with Crippen LogP contribution in [0.2, 0.25) is 0 Å². The van der Waals surface area contributed by atoms with Gasteiger partial charge in [0.25, 0.3) is 11.7 Å². The van der Waals surface area contributed by atoms with Gasteiger partial charge < -0.3 is 14.7 Å². The van der Waals surface area contributed by atoms with Crippen molar-refractivity contribution in [3.05, 3.63) is 101 Å². The molecule has 4 rings (SSSR count). The first-order valence-electron chi connectivity index (χ1n) is 9.57. The van der Waals surface area contributed by atoms with Crippen LogP contribution in [0.4, 0.5) is 4.39 Å². The predicted molar refractivity (Wildman–Crippen MR) is 111 cm³/mol. The van der Waals surface area contributed by atoms with Gasteiger partial charge in [0.05, 0.1) is 18.7 Å². The third-order valence-corrected chi connectivity index (χ3v) is 5.18. The van der Waals surface area contributed by atoms with Gasteiger partial charge in [-0.25, -0.2) is 4.39 Å². The van der Waals surface area contributed by atoms with Crippen molar-refractivity contribution in [1.82, 2.24) is 9.88 Å². The molecule has 1 N–H and O–H groups in total. The fourth-order valence-corrected chi connectivity index (χ4v) is 3.66. The number of ketones is 1. The van der Waals surface area contributed by atoms with E-state index in [1.165, 1.54) is 30.2 Å². The molecule has 1 aliphatic rings. The predicted octanol–water partition coefficient (Wildman–Crippen LogP) is 3.85. The number of aliphatic hydroxyl groups excluding tert-OH is 1. The highest BCUT2D eigenvalue weighted by Crippen LogP contribution is 2.41. The zero-order valence-corrected chi connectivity index (χ0v) is 16.7. The number of methoxy groups -OCH3 is 1. The van der Waals surface area contributed by atoms with Crippen LogP contribution in [0.3, 0.4) is 0 Å². The number of ether oxygens (including phenoxy) is 1. The maximum Gasteiger partial charge on any atom is 0.295 e. The van der Waals surface area contributed by atoms with Crippen molar-refractivity contribution in [3.8, 4) is 5.75 Å². The molecular weight excluding hydrogens is 399 g/mol. The molecule has 1 amide bonds. The van der Waals surface area contributed by atoms with Gasteiger partial charge in [0.2, 0.25) is 0 Å². The molecule has 6 nitrogen and oxygen atoms in total. The maximum absolute atomic E-state index is 14.8. The lowest BCUT2D eigenvalue weighted by molar-refractivity contribution is -0.140. The molecule has 1 unspecified atom stereocenters. The molecule has 1 saturated heterocycles. The first-order chi connectivity index (χ1) is 15.0. The summed E-state index contributed by atoms with van der Waals surface area (Å²) in [7, 11) is 1.51. The highest BCUT2D eigenvalue weighted by atomic mass is 19.1. The van der Waals surface area contributed by atoms with Crippen molar-refractivity contribution in [2.45, 2.75) is 12.6 Å². The molecule has 3 aromatic rings. The normalized spacial score (nSPS) is 17.7. The van der Waals surface area contributed by atoms with Crippen LogP contribution in [0.1, 0.15) is 22.7 Å². The number of nitrogens with zero attached hydrogens (tertiary/aromatic N) is 2. The van der Waals surface area contributed by atoms with Crippen LogP contribution >= 0.6 is 0 Å². The van der Waals surface area contributed by atoms with Crippen LogP contribution in [-0.4, -0.2) is 33.8 Å². The number of carbonyl (C=O) groups is 2. The number of hydrogen-bond donors (Lipinski definition) is 1. The molecule has 0 radical (unpaired) electrons. The smallest absolute Gasteiger partial charge is 0.295 e. The second-order valence-corrected chi connectivity index (χ2v) is 7.04. The van der Waals surface area contributed by atoms with E-state index >= 15 is 0 Å².